The van der Waals surface area contributed by atoms with Crippen LogP contribution in [0, 0.1) is 0 Å². The molecule has 1 aliphatic carbocycles. The molecule has 0 saturated heterocycles. The van der Waals surface area contributed by atoms with E-state index in [1.807, 2.05) is 6.07 Å². The number of hydrogen-bond donors (Lipinski definition) is 0. The van der Waals surface area contributed by atoms with Crippen molar-refractivity contribution >= 4 is 27.5 Å². The van der Waals surface area contributed by atoms with Gasteiger partial charge in [0.15, 0.2) is 5.75 Å². The van der Waals surface area contributed by atoms with Crippen LogP contribution < -0.4 is 4.74 Å². The maximum atomic E-state index is 12.1. The van der Waals surface area contributed by atoms with E-state index in [4.69, 9.17) is 16.3 Å². The Bertz CT molecular complexity index is 368. The van der Waals surface area contributed by atoms with Gasteiger partial charge in [-0.15, -0.1) is 0 Å². The van der Waals surface area contributed by atoms with Crippen LogP contribution in [-0.4, -0.2) is 6.86 Å². The van der Waals surface area contributed by atoms with Crippen LogP contribution in [0.15, 0.2) is 10.5 Å². The highest BCUT2D eigenvalue weighted by Crippen LogP contribution is 2.41. The molecule has 4 heteroatoms. The first-order valence-corrected chi connectivity index (χ1v) is 5.59. The Labute approximate surface area is 95.3 Å². The molecule has 0 bridgehead atoms. The molecule has 1 aromatic carbocycles. The number of alkyl halides is 1. The second-order valence-electron chi connectivity index (χ2n) is 3.25. The highest BCUT2D eigenvalue weighted by molar-refractivity contribution is 9.10. The van der Waals surface area contributed by atoms with Crippen LogP contribution >= 0.6 is 27.5 Å². The first-order valence-electron chi connectivity index (χ1n) is 4.42. The summed E-state index contributed by atoms with van der Waals surface area (Å²) >= 11 is 9.38. The predicted octanol–water partition coefficient (Wildman–Crippen LogP) is 3.90. The summed E-state index contributed by atoms with van der Waals surface area (Å²) in [5, 5.41) is 0.482. The van der Waals surface area contributed by atoms with Gasteiger partial charge in [0, 0.05) is 0 Å². The van der Waals surface area contributed by atoms with E-state index < -0.39 is 6.86 Å². The van der Waals surface area contributed by atoms with Gasteiger partial charge >= 0.3 is 0 Å². The zero-order valence-electron chi connectivity index (χ0n) is 7.45. The second-order valence-corrected chi connectivity index (χ2v) is 4.45. The van der Waals surface area contributed by atoms with Gasteiger partial charge in [0.1, 0.15) is 0 Å². The minimum absolute atomic E-state index is 0.426. The molecule has 0 fully saturated rings. The number of ether oxygens (including phenoxy) is 1. The van der Waals surface area contributed by atoms with E-state index in [1.165, 1.54) is 11.1 Å². The molecule has 1 aliphatic rings. The van der Waals surface area contributed by atoms with Gasteiger partial charge in [-0.25, -0.2) is 4.39 Å². The first kappa shape index (κ1) is 10.2. The molecule has 0 aromatic heterocycles. The average Bonchev–Trinajstić information content (AvgIpc) is 2.60. The van der Waals surface area contributed by atoms with Crippen LogP contribution in [0.2, 0.25) is 5.02 Å². The van der Waals surface area contributed by atoms with Crippen molar-refractivity contribution in [2.75, 3.05) is 6.86 Å². The summed E-state index contributed by atoms with van der Waals surface area (Å²) in [7, 11) is 0. The van der Waals surface area contributed by atoms with Gasteiger partial charge in [0.25, 0.3) is 0 Å². The van der Waals surface area contributed by atoms with E-state index in [1.54, 1.807) is 0 Å². The Hall–Kier alpha value is -0.280. The van der Waals surface area contributed by atoms with Crippen LogP contribution in [0.3, 0.4) is 0 Å². The molecule has 0 unspecified atom stereocenters. The minimum Gasteiger partial charge on any atom is -0.460 e. The third kappa shape index (κ3) is 1.63. The number of halogens is 3. The van der Waals surface area contributed by atoms with E-state index in [0.29, 0.717) is 10.8 Å². The second kappa shape index (κ2) is 4.07. The Balaban J connectivity index is 2.51. The fourth-order valence-corrected chi connectivity index (χ4v) is 3.00. The first-order chi connectivity index (χ1) is 6.74. The predicted molar refractivity (Wildman–Crippen MR) is 57.8 cm³/mol. The maximum Gasteiger partial charge on any atom is 0.228 e. The Morgan fingerprint density at radius 1 is 1.50 bits per heavy atom. The Morgan fingerprint density at radius 3 is 3.00 bits per heavy atom. The maximum absolute atomic E-state index is 12.1. The van der Waals surface area contributed by atoms with Crippen LogP contribution in [-0.2, 0) is 12.8 Å². The van der Waals surface area contributed by atoms with Crippen molar-refractivity contribution in [3.05, 3.63) is 26.7 Å². The van der Waals surface area contributed by atoms with Crippen LogP contribution in [0.4, 0.5) is 4.39 Å². The summed E-state index contributed by atoms with van der Waals surface area (Å²) < 4.78 is 17.8. The smallest absolute Gasteiger partial charge is 0.228 e. The summed E-state index contributed by atoms with van der Waals surface area (Å²) in [6, 6.07) is 1.87. The highest BCUT2D eigenvalue weighted by atomic mass is 79.9. The molecule has 0 heterocycles. The number of hydrogen-bond acceptors (Lipinski definition) is 1. The van der Waals surface area contributed by atoms with Crippen molar-refractivity contribution in [2.45, 2.75) is 19.3 Å². The molecule has 0 saturated carbocycles. The number of fused-ring (bicyclic) bond motifs is 1. The third-order valence-corrected chi connectivity index (χ3v) is 3.56. The fraction of sp³-hybridized carbons (Fsp3) is 0.400. The van der Waals surface area contributed by atoms with Gasteiger partial charge in [-0.3, -0.25) is 0 Å². The molecule has 0 aliphatic heterocycles. The zero-order chi connectivity index (χ0) is 10.1. The van der Waals surface area contributed by atoms with Crippen molar-refractivity contribution < 1.29 is 9.13 Å². The van der Waals surface area contributed by atoms with E-state index >= 15 is 0 Å². The molecule has 1 aromatic rings. The molecule has 0 amide bonds. The lowest BCUT2D eigenvalue weighted by Crippen LogP contribution is -1.95. The Kier molecular flexibility index (Phi) is 2.98. The van der Waals surface area contributed by atoms with Gasteiger partial charge in [0.05, 0.1) is 9.50 Å². The molecule has 0 N–H and O–H groups in total. The van der Waals surface area contributed by atoms with Gasteiger partial charge in [-0.2, -0.15) is 0 Å². The van der Waals surface area contributed by atoms with Crippen LogP contribution in [0.1, 0.15) is 17.5 Å². The van der Waals surface area contributed by atoms with E-state index in [0.717, 1.165) is 23.7 Å². The quantitative estimate of drug-likeness (QED) is 0.798. The highest BCUT2D eigenvalue weighted by Gasteiger charge is 2.20. The standard InChI is InChI=1S/C10H9BrClFO/c11-9-7-3-1-2-6(7)4-8(12)10(9)14-5-13/h4H,1-3,5H2. The molecule has 2 rings (SSSR count). The summed E-state index contributed by atoms with van der Waals surface area (Å²) in [4.78, 5) is 0. The van der Waals surface area contributed by atoms with Crippen LogP contribution in [0.5, 0.6) is 5.75 Å². The molecule has 14 heavy (non-hydrogen) atoms. The normalized spacial score (nSPS) is 14.2. The lowest BCUT2D eigenvalue weighted by molar-refractivity contribution is 0.190. The van der Waals surface area contributed by atoms with Crippen molar-refractivity contribution in [2.24, 2.45) is 0 Å². The Morgan fingerprint density at radius 2 is 2.29 bits per heavy atom. The number of rotatable bonds is 2. The molecular formula is C10H9BrClFO. The van der Waals surface area contributed by atoms with Crippen molar-refractivity contribution in [1.29, 1.82) is 0 Å². The van der Waals surface area contributed by atoms with Gasteiger partial charge < -0.3 is 4.74 Å². The van der Waals surface area contributed by atoms with E-state index in [9.17, 15) is 4.39 Å². The largest absolute Gasteiger partial charge is 0.460 e. The monoisotopic (exact) mass is 278 g/mol. The summed E-state index contributed by atoms with van der Waals surface area (Å²) in [5.41, 5.74) is 2.45. The van der Waals surface area contributed by atoms with Crippen molar-refractivity contribution in [3.8, 4) is 5.75 Å². The molecule has 0 atom stereocenters. The molecule has 76 valence electrons. The zero-order valence-corrected chi connectivity index (χ0v) is 9.79. The number of aryl methyl sites for hydroxylation is 1. The molecule has 1 nitrogen and oxygen atoms in total. The van der Waals surface area contributed by atoms with Crippen molar-refractivity contribution in [1.82, 2.24) is 0 Å². The van der Waals surface area contributed by atoms with E-state index in [2.05, 4.69) is 15.9 Å². The SMILES string of the molecule is FCOc1c(Cl)cc2c(c1Br)CCC2. The van der Waals surface area contributed by atoms with Gasteiger partial charge in [-0.1, -0.05) is 11.6 Å². The van der Waals surface area contributed by atoms with Gasteiger partial charge in [-0.05, 0) is 52.4 Å². The lowest BCUT2D eigenvalue weighted by atomic mass is 10.1. The van der Waals surface area contributed by atoms with Crippen molar-refractivity contribution in [3.63, 3.8) is 0 Å². The fourth-order valence-electron chi connectivity index (χ4n) is 1.82. The third-order valence-electron chi connectivity index (χ3n) is 2.44. The van der Waals surface area contributed by atoms with Crippen LogP contribution in [0.25, 0.3) is 0 Å². The summed E-state index contributed by atoms with van der Waals surface area (Å²) in [6.45, 7) is -0.850. The molecular weight excluding hydrogens is 270 g/mol. The van der Waals surface area contributed by atoms with Gasteiger partial charge in [0.2, 0.25) is 6.86 Å². The minimum atomic E-state index is -0.850. The number of benzene rings is 1. The molecule has 0 spiro atoms. The molecule has 0 radical (unpaired) electrons. The van der Waals surface area contributed by atoms with E-state index in [-0.39, 0.29) is 0 Å². The summed E-state index contributed by atoms with van der Waals surface area (Å²) in [5.74, 6) is 0.426. The average molecular weight is 280 g/mol. The topological polar surface area (TPSA) is 9.23 Å². The summed E-state index contributed by atoms with van der Waals surface area (Å²) in [6.07, 6.45) is 3.18. The lowest BCUT2D eigenvalue weighted by Gasteiger charge is -2.10.